The van der Waals surface area contributed by atoms with Gasteiger partial charge in [0.1, 0.15) is 0 Å². The fourth-order valence-corrected chi connectivity index (χ4v) is 2.34. The van der Waals surface area contributed by atoms with Crippen molar-refractivity contribution in [3.05, 3.63) is 32.8 Å². The zero-order valence-electron chi connectivity index (χ0n) is 9.47. The average Bonchev–Trinajstić information content (AvgIpc) is 2.54. The number of nitrogens with zero attached hydrogens (tertiary/aromatic N) is 2. The van der Waals surface area contributed by atoms with Crippen LogP contribution >= 0.6 is 15.9 Å². The molecule has 0 spiro atoms. The van der Waals surface area contributed by atoms with Gasteiger partial charge in [-0.3, -0.25) is 14.9 Å². The molecular weight excluding hydrogens is 304 g/mol. The highest BCUT2D eigenvalue weighted by Crippen LogP contribution is 2.30. The first-order chi connectivity index (χ1) is 8.59. The Morgan fingerprint density at radius 3 is 2.83 bits per heavy atom. The van der Waals surface area contributed by atoms with Crippen molar-refractivity contribution in [3.63, 3.8) is 0 Å². The molecule has 1 aliphatic rings. The van der Waals surface area contributed by atoms with E-state index in [1.54, 1.807) is 11.0 Å². The van der Waals surface area contributed by atoms with Crippen molar-refractivity contribution in [1.82, 2.24) is 0 Å². The number of non-ortho nitro benzene ring substituents is 1. The summed E-state index contributed by atoms with van der Waals surface area (Å²) in [6.07, 6.45) is 0.323. The molecule has 7 heteroatoms. The molecule has 0 unspecified atom stereocenters. The third-order valence-corrected chi connectivity index (χ3v) is 3.29. The molecule has 1 heterocycles. The lowest BCUT2D eigenvalue weighted by Crippen LogP contribution is -2.31. The van der Waals surface area contributed by atoms with E-state index in [2.05, 4.69) is 15.9 Å². The van der Waals surface area contributed by atoms with Crippen molar-refractivity contribution in [2.24, 2.45) is 0 Å². The molecule has 1 saturated heterocycles. The van der Waals surface area contributed by atoms with Crippen molar-refractivity contribution in [2.75, 3.05) is 24.7 Å². The molecular formula is C11H11BrN2O4. The van der Waals surface area contributed by atoms with Crippen LogP contribution in [0.5, 0.6) is 0 Å². The Kier molecular flexibility index (Phi) is 3.93. The van der Waals surface area contributed by atoms with Gasteiger partial charge in [-0.2, -0.15) is 0 Å². The van der Waals surface area contributed by atoms with Gasteiger partial charge < -0.3 is 9.64 Å². The number of rotatable bonds is 2. The van der Waals surface area contributed by atoms with Gasteiger partial charge in [-0.05, 0) is 22.0 Å². The molecule has 1 aliphatic heterocycles. The predicted molar refractivity (Wildman–Crippen MR) is 68.6 cm³/mol. The molecule has 0 N–H and O–H groups in total. The molecule has 0 atom stereocenters. The summed E-state index contributed by atoms with van der Waals surface area (Å²) in [6.45, 7) is 1.34. The van der Waals surface area contributed by atoms with Crippen LogP contribution in [0.4, 0.5) is 11.4 Å². The minimum atomic E-state index is -0.470. The summed E-state index contributed by atoms with van der Waals surface area (Å²) in [6, 6.07) is 4.36. The molecule has 0 aromatic heterocycles. The monoisotopic (exact) mass is 314 g/mol. The van der Waals surface area contributed by atoms with Crippen LogP contribution in [0.1, 0.15) is 6.42 Å². The van der Waals surface area contributed by atoms with E-state index in [-0.39, 0.29) is 11.6 Å². The van der Waals surface area contributed by atoms with Gasteiger partial charge in [0.15, 0.2) is 0 Å². The van der Waals surface area contributed by atoms with Crippen molar-refractivity contribution in [1.29, 1.82) is 0 Å². The predicted octanol–water partition coefficient (Wildman–Crippen LogP) is 2.11. The number of carbonyl (C=O) groups is 1. The maximum Gasteiger partial charge on any atom is 0.270 e. The van der Waals surface area contributed by atoms with Crippen LogP contribution in [0.3, 0.4) is 0 Å². The summed E-state index contributed by atoms with van der Waals surface area (Å²) in [5.41, 5.74) is 0.625. The van der Waals surface area contributed by atoms with E-state index in [9.17, 15) is 14.9 Å². The number of nitro benzene ring substituents is 1. The summed E-state index contributed by atoms with van der Waals surface area (Å²) in [5, 5.41) is 10.6. The van der Waals surface area contributed by atoms with Crippen molar-refractivity contribution in [2.45, 2.75) is 6.42 Å². The molecule has 0 radical (unpaired) electrons. The zero-order chi connectivity index (χ0) is 13.1. The third-order valence-electron chi connectivity index (χ3n) is 2.65. The van der Waals surface area contributed by atoms with Crippen LogP contribution in [-0.2, 0) is 9.53 Å². The van der Waals surface area contributed by atoms with E-state index in [1.165, 1.54) is 12.1 Å². The molecule has 6 nitrogen and oxygen atoms in total. The molecule has 18 heavy (non-hydrogen) atoms. The van der Waals surface area contributed by atoms with E-state index in [0.717, 1.165) is 0 Å². The smallest absolute Gasteiger partial charge is 0.270 e. The van der Waals surface area contributed by atoms with E-state index in [0.29, 0.717) is 36.3 Å². The summed E-state index contributed by atoms with van der Waals surface area (Å²) in [7, 11) is 0. The molecule has 96 valence electrons. The van der Waals surface area contributed by atoms with Crippen LogP contribution in [0.2, 0.25) is 0 Å². The van der Waals surface area contributed by atoms with Crippen LogP contribution in [0, 0.1) is 10.1 Å². The highest BCUT2D eigenvalue weighted by molar-refractivity contribution is 9.10. The van der Waals surface area contributed by atoms with Crippen molar-refractivity contribution < 1.29 is 14.5 Å². The van der Waals surface area contributed by atoms with Crippen molar-refractivity contribution in [3.8, 4) is 0 Å². The average molecular weight is 315 g/mol. The number of halogens is 1. The van der Waals surface area contributed by atoms with Gasteiger partial charge >= 0.3 is 0 Å². The largest absolute Gasteiger partial charge is 0.379 e. The Hall–Kier alpha value is -1.47. The lowest BCUT2D eigenvalue weighted by molar-refractivity contribution is -0.384. The number of carbonyl (C=O) groups excluding carboxylic acids is 1. The van der Waals surface area contributed by atoms with Crippen LogP contribution in [0.15, 0.2) is 22.7 Å². The Bertz CT molecular complexity index is 492. The summed E-state index contributed by atoms with van der Waals surface area (Å²) >= 11 is 3.26. The second-order valence-electron chi connectivity index (χ2n) is 3.80. The summed E-state index contributed by atoms with van der Waals surface area (Å²) in [4.78, 5) is 23.6. The minimum absolute atomic E-state index is 0.0101. The van der Waals surface area contributed by atoms with E-state index < -0.39 is 4.92 Å². The van der Waals surface area contributed by atoms with Crippen LogP contribution in [0.25, 0.3) is 0 Å². The maximum atomic E-state index is 11.9. The van der Waals surface area contributed by atoms with Gasteiger partial charge in [0.05, 0.1) is 30.2 Å². The standard InChI is InChI=1S/C11H11BrN2O4/c12-9-7-8(14(16)17)1-2-10(9)13-4-6-18-5-3-11(13)15/h1-2,7H,3-6H2. The second-order valence-corrected chi connectivity index (χ2v) is 4.65. The number of nitro groups is 1. The maximum absolute atomic E-state index is 11.9. The molecule has 2 rings (SSSR count). The Balaban J connectivity index is 2.32. The lowest BCUT2D eigenvalue weighted by Gasteiger charge is -2.21. The van der Waals surface area contributed by atoms with Crippen molar-refractivity contribution >= 4 is 33.2 Å². The molecule has 1 fully saturated rings. The molecule has 1 aromatic carbocycles. The normalized spacial score (nSPS) is 16.5. The summed E-state index contributed by atoms with van der Waals surface area (Å²) in [5.74, 6) is -0.0398. The van der Waals surface area contributed by atoms with Gasteiger partial charge in [0.2, 0.25) is 5.91 Å². The molecule has 1 amide bonds. The number of anilines is 1. The zero-order valence-corrected chi connectivity index (χ0v) is 11.1. The first-order valence-electron chi connectivity index (χ1n) is 5.41. The van der Waals surface area contributed by atoms with E-state index in [4.69, 9.17) is 4.74 Å². The SMILES string of the molecule is O=C1CCOCCN1c1ccc([N+](=O)[O-])cc1Br. The Morgan fingerprint density at radius 1 is 1.39 bits per heavy atom. The Morgan fingerprint density at radius 2 is 2.17 bits per heavy atom. The first kappa shape index (κ1) is 13.0. The van der Waals surface area contributed by atoms with E-state index >= 15 is 0 Å². The highest BCUT2D eigenvalue weighted by Gasteiger charge is 2.21. The van der Waals surface area contributed by atoms with Gasteiger partial charge in [0, 0.05) is 23.2 Å². The van der Waals surface area contributed by atoms with Crippen LogP contribution in [-0.4, -0.2) is 30.6 Å². The topological polar surface area (TPSA) is 72.7 Å². The molecule has 1 aromatic rings. The number of benzene rings is 1. The molecule has 0 bridgehead atoms. The highest BCUT2D eigenvalue weighted by atomic mass is 79.9. The van der Waals surface area contributed by atoms with Gasteiger partial charge in [-0.15, -0.1) is 0 Å². The molecule has 0 aliphatic carbocycles. The fourth-order valence-electron chi connectivity index (χ4n) is 1.76. The van der Waals surface area contributed by atoms with Gasteiger partial charge in [0.25, 0.3) is 5.69 Å². The summed E-state index contributed by atoms with van der Waals surface area (Å²) < 4.78 is 5.77. The van der Waals surface area contributed by atoms with Crippen LogP contribution < -0.4 is 4.90 Å². The Labute approximate surface area is 112 Å². The second kappa shape index (κ2) is 5.45. The van der Waals surface area contributed by atoms with Gasteiger partial charge in [-0.1, -0.05) is 0 Å². The first-order valence-corrected chi connectivity index (χ1v) is 6.21. The third kappa shape index (κ3) is 2.68. The number of hydrogen-bond donors (Lipinski definition) is 0. The number of amides is 1. The van der Waals surface area contributed by atoms with Gasteiger partial charge in [-0.25, -0.2) is 0 Å². The number of ether oxygens (including phenoxy) is 1. The molecule has 0 saturated carbocycles. The number of hydrogen-bond acceptors (Lipinski definition) is 4. The fraction of sp³-hybridized carbons (Fsp3) is 0.364. The van der Waals surface area contributed by atoms with E-state index in [1.807, 2.05) is 0 Å². The quantitative estimate of drug-likeness (QED) is 0.619. The lowest BCUT2D eigenvalue weighted by atomic mass is 10.2. The minimum Gasteiger partial charge on any atom is -0.379 e.